The van der Waals surface area contributed by atoms with Crippen LogP contribution in [-0.2, 0) is 9.59 Å². The second kappa shape index (κ2) is 9.59. The third kappa shape index (κ3) is 6.00. The van der Waals surface area contributed by atoms with E-state index in [0.717, 1.165) is 3.57 Å². The maximum Gasteiger partial charge on any atom is 0.341 e. The van der Waals surface area contributed by atoms with Crippen molar-refractivity contribution in [2.45, 2.75) is 0 Å². The molecule has 0 aliphatic heterocycles. The molecule has 1 amide bonds. The van der Waals surface area contributed by atoms with Gasteiger partial charge in [0, 0.05) is 9.26 Å². The number of rotatable bonds is 7. The Kier molecular flexibility index (Phi) is 7.19. The molecule has 0 aliphatic rings. The topological polar surface area (TPSA) is 109 Å². The molecule has 0 aliphatic carbocycles. The summed E-state index contributed by atoms with van der Waals surface area (Å²) in [6, 6.07) is 13.7. The van der Waals surface area contributed by atoms with Gasteiger partial charge in [-0.15, -0.1) is 0 Å². The zero-order chi connectivity index (χ0) is 19.8. The van der Waals surface area contributed by atoms with Crippen LogP contribution in [0.1, 0.15) is 5.56 Å². The highest BCUT2D eigenvalue weighted by Crippen LogP contribution is 2.29. The molecule has 0 radical (unpaired) electrons. The average molecular weight is 478 g/mol. The van der Waals surface area contributed by atoms with E-state index in [1.165, 1.54) is 19.3 Å². The Morgan fingerprint density at radius 2 is 2.04 bits per heavy atom. The van der Waals surface area contributed by atoms with Gasteiger partial charge >= 0.3 is 5.97 Å². The minimum atomic E-state index is -1.11. The van der Waals surface area contributed by atoms with Gasteiger partial charge < -0.3 is 19.9 Å². The summed E-state index contributed by atoms with van der Waals surface area (Å²) in [6.45, 7) is -0.507. The number of carboxylic acids is 1. The molecule has 138 valence electrons. The number of benzene rings is 2. The number of carbonyl (C=O) groups excluding carboxylic acids is 1. The minimum absolute atomic E-state index is 0.0879. The third-order valence-electron chi connectivity index (χ3n) is 3.30. The van der Waals surface area contributed by atoms with E-state index in [1.54, 1.807) is 30.3 Å². The van der Waals surface area contributed by atoms with Gasteiger partial charge in [0.2, 0.25) is 0 Å². The third-order valence-corrected chi connectivity index (χ3v) is 3.97. The molecule has 0 aromatic heterocycles. The summed E-state index contributed by atoms with van der Waals surface area (Å²) in [5.74, 6) is -1.11. The number of carboxylic acid groups (broad SMARTS) is 1. The highest BCUT2D eigenvalue weighted by Gasteiger charge is 2.12. The molecule has 2 aromatic carbocycles. The number of nitriles is 1. The summed E-state index contributed by atoms with van der Waals surface area (Å²) in [4.78, 5) is 22.9. The Labute approximate surface area is 169 Å². The van der Waals surface area contributed by atoms with Gasteiger partial charge in [-0.3, -0.25) is 4.79 Å². The van der Waals surface area contributed by atoms with Crippen LogP contribution in [0.2, 0.25) is 0 Å². The lowest BCUT2D eigenvalue weighted by molar-refractivity contribution is -0.139. The molecule has 0 saturated carbocycles. The number of aliphatic carboxylic acids is 1. The maximum atomic E-state index is 12.3. The van der Waals surface area contributed by atoms with E-state index >= 15 is 0 Å². The highest BCUT2D eigenvalue weighted by atomic mass is 127. The first-order valence-electron chi connectivity index (χ1n) is 7.64. The van der Waals surface area contributed by atoms with Crippen LogP contribution < -0.4 is 14.8 Å². The molecule has 0 heterocycles. The van der Waals surface area contributed by atoms with E-state index < -0.39 is 18.5 Å². The van der Waals surface area contributed by atoms with Gasteiger partial charge in [0.1, 0.15) is 11.6 Å². The molecule has 0 saturated heterocycles. The van der Waals surface area contributed by atoms with Crippen LogP contribution in [0.25, 0.3) is 6.08 Å². The number of nitrogens with zero attached hydrogens (tertiary/aromatic N) is 1. The first kappa shape index (κ1) is 20.3. The van der Waals surface area contributed by atoms with Crippen molar-refractivity contribution in [3.05, 3.63) is 57.2 Å². The van der Waals surface area contributed by atoms with Crippen LogP contribution in [-0.4, -0.2) is 30.7 Å². The van der Waals surface area contributed by atoms with Crippen LogP contribution in [0.5, 0.6) is 11.5 Å². The van der Waals surface area contributed by atoms with E-state index in [0.29, 0.717) is 17.0 Å². The van der Waals surface area contributed by atoms with Crippen molar-refractivity contribution >= 4 is 46.2 Å². The van der Waals surface area contributed by atoms with Crippen LogP contribution in [0.3, 0.4) is 0 Å². The predicted molar refractivity (Wildman–Crippen MR) is 108 cm³/mol. The smallest absolute Gasteiger partial charge is 0.341 e. The SMILES string of the molecule is COc1cc(/C=C(\C#N)C(=O)Nc2cccc(I)c2)ccc1OCC(=O)O. The first-order chi connectivity index (χ1) is 12.9. The van der Waals surface area contributed by atoms with E-state index in [-0.39, 0.29) is 11.3 Å². The van der Waals surface area contributed by atoms with Gasteiger partial charge in [-0.25, -0.2) is 4.79 Å². The summed E-state index contributed by atoms with van der Waals surface area (Å²) in [5.41, 5.74) is 1.03. The zero-order valence-electron chi connectivity index (χ0n) is 14.2. The van der Waals surface area contributed by atoms with Gasteiger partial charge in [0.15, 0.2) is 18.1 Å². The molecular weight excluding hydrogens is 463 g/mol. The predicted octanol–water partition coefficient (Wildman–Crippen LogP) is 3.31. The molecule has 2 rings (SSSR count). The number of ether oxygens (including phenoxy) is 2. The lowest BCUT2D eigenvalue weighted by Gasteiger charge is -2.10. The van der Waals surface area contributed by atoms with Crippen LogP contribution in [0.4, 0.5) is 5.69 Å². The molecule has 2 N–H and O–H groups in total. The number of carbonyl (C=O) groups is 2. The fourth-order valence-electron chi connectivity index (χ4n) is 2.11. The molecule has 0 atom stereocenters. The lowest BCUT2D eigenvalue weighted by Crippen LogP contribution is -2.13. The quantitative estimate of drug-likeness (QED) is 0.359. The van der Waals surface area contributed by atoms with E-state index in [4.69, 9.17) is 14.6 Å². The van der Waals surface area contributed by atoms with Crippen molar-refractivity contribution in [3.8, 4) is 17.6 Å². The molecule has 8 heteroatoms. The Balaban J connectivity index is 2.22. The molecule has 27 heavy (non-hydrogen) atoms. The van der Waals surface area contributed by atoms with Gasteiger partial charge in [0.25, 0.3) is 5.91 Å². The second-order valence-electron chi connectivity index (χ2n) is 5.23. The van der Waals surface area contributed by atoms with Crippen molar-refractivity contribution in [1.82, 2.24) is 0 Å². The monoisotopic (exact) mass is 478 g/mol. The average Bonchev–Trinajstić information content (AvgIpc) is 2.64. The standard InChI is InChI=1S/C19H15IN2O5/c1-26-17-8-12(5-6-16(17)27-11-18(23)24)7-13(10-21)19(25)22-15-4-2-3-14(20)9-15/h2-9H,11H2,1H3,(H,22,25)(H,23,24)/b13-7+. The van der Waals surface area contributed by atoms with Gasteiger partial charge in [-0.2, -0.15) is 5.26 Å². The van der Waals surface area contributed by atoms with Crippen LogP contribution >= 0.6 is 22.6 Å². The maximum absolute atomic E-state index is 12.3. The number of methoxy groups -OCH3 is 1. The molecule has 2 aromatic rings. The normalized spacial score (nSPS) is 10.6. The summed E-state index contributed by atoms with van der Waals surface area (Å²) in [6.07, 6.45) is 1.41. The highest BCUT2D eigenvalue weighted by molar-refractivity contribution is 14.1. The fourth-order valence-corrected chi connectivity index (χ4v) is 2.66. The fraction of sp³-hybridized carbons (Fsp3) is 0.105. The Morgan fingerprint density at radius 1 is 1.26 bits per heavy atom. The summed E-state index contributed by atoms with van der Waals surface area (Å²) >= 11 is 2.13. The van der Waals surface area contributed by atoms with Crippen LogP contribution in [0, 0.1) is 14.9 Å². The molecule has 0 bridgehead atoms. The van der Waals surface area contributed by atoms with Gasteiger partial charge in [-0.1, -0.05) is 12.1 Å². The Bertz CT molecular complexity index is 934. The number of anilines is 1. The van der Waals surface area contributed by atoms with Gasteiger partial charge in [0.05, 0.1) is 7.11 Å². The van der Waals surface area contributed by atoms with E-state index in [1.807, 2.05) is 12.1 Å². The largest absolute Gasteiger partial charge is 0.493 e. The Morgan fingerprint density at radius 3 is 2.67 bits per heavy atom. The minimum Gasteiger partial charge on any atom is -0.493 e. The van der Waals surface area contributed by atoms with Crippen molar-refractivity contribution in [3.63, 3.8) is 0 Å². The summed E-state index contributed by atoms with van der Waals surface area (Å²) in [5, 5.41) is 20.7. The number of hydrogen-bond acceptors (Lipinski definition) is 5. The van der Waals surface area contributed by atoms with Crippen molar-refractivity contribution < 1.29 is 24.2 Å². The number of halogens is 1. The van der Waals surface area contributed by atoms with Crippen molar-refractivity contribution in [2.75, 3.05) is 19.0 Å². The second-order valence-corrected chi connectivity index (χ2v) is 6.47. The number of amides is 1. The number of hydrogen-bond donors (Lipinski definition) is 2. The summed E-state index contributed by atoms with van der Waals surface area (Å²) < 4.78 is 11.2. The molecule has 0 unspecified atom stereocenters. The molecular formula is C19H15IN2O5. The van der Waals surface area contributed by atoms with Crippen molar-refractivity contribution in [1.29, 1.82) is 5.26 Å². The zero-order valence-corrected chi connectivity index (χ0v) is 16.4. The summed E-state index contributed by atoms with van der Waals surface area (Å²) in [7, 11) is 1.41. The number of nitrogens with one attached hydrogen (secondary N) is 1. The molecule has 0 fully saturated rings. The van der Waals surface area contributed by atoms with Crippen LogP contribution in [0.15, 0.2) is 48.0 Å². The van der Waals surface area contributed by atoms with Crippen molar-refractivity contribution in [2.24, 2.45) is 0 Å². The lowest BCUT2D eigenvalue weighted by atomic mass is 10.1. The Hall–Kier alpha value is -3.06. The van der Waals surface area contributed by atoms with E-state index in [2.05, 4.69) is 27.9 Å². The van der Waals surface area contributed by atoms with E-state index in [9.17, 15) is 14.9 Å². The molecule has 7 nitrogen and oxygen atoms in total. The molecule has 0 spiro atoms. The van der Waals surface area contributed by atoms with Gasteiger partial charge in [-0.05, 0) is 64.6 Å². The first-order valence-corrected chi connectivity index (χ1v) is 8.72.